The Hall–Kier alpha value is -3.97. The molecule has 2 aromatic carbocycles. The van der Waals surface area contributed by atoms with Crippen LogP contribution in [0.4, 0.5) is 29.5 Å². The molecule has 2 heterocycles. The smallest absolute Gasteiger partial charge is 0.307 e. The third-order valence-electron chi connectivity index (χ3n) is 6.49. The van der Waals surface area contributed by atoms with E-state index in [0.29, 0.717) is 41.1 Å². The van der Waals surface area contributed by atoms with Gasteiger partial charge in [0.25, 0.3) is 21.7 Å². The monoisotopic (exact) mass is 578 g/mol. The average Bonchev–Trinajstić information content (AvgIpc) is 3.66. The van der Waals surface area contributed by atoms with Gasteiger partial charge in [-0.15, -0.1) is 0 Å². The predicted molar refractivity (Wildman–Crippen MR) is 134 cm³/mol. The summed E-state index contributed by atoms with van der Waals surface area (Å²) >= 11 is 5.85. The number of hydrogen-bond donors (Lipinski definition) is 1. The van der Waals surface area contributed by atoms with Crippen LogP contribution in [0.3, 0.4) is 0 Å². The van der Waals surface area contributed by atoms with E-state index in [0.717, 1.165) is 17.0 Å². The van der Waals surface area contributed by atoms with Crippen molar-refractivity contribution >= 4 is 50.8 Å². The zero-order valence-corrected chi connectivity index (χ0v) is 21.3. The number of halogens is 4. The minimum Gasteiger partial charge on any atom is -0.307 e. The molecule has 0 radical (unpaired) electrons. The number of nitrogens with zero attached hydrogens (tertiary/aromatic N) is 3. The van der Waals surface area contributed by atoms with Crippen molar-refractivity contribution in [1.29, 1.82) is 0 Å². The molecule has 5 rings (SSSR count). The number of imide groups is 1. The molecule has 14 heteroatoms. The maximum Gasteiger partial charge on any atom is 0.501 e. The maximum atomic E-state index is 13.3. The van der Waals surface area contributed by atoms with E-state index in [4.69, 9.17) is 11.6 Å². The molecule has 1 aliphatic heterocycles. The van der Waals surface area contributed by atoms with E-state index < -0.39 is 43.6 Å². The van der Waals surface area contributed by atoms with E-state index in [2.05, 4.69) is 10.3 Å². The summed E-state index contributed by atoms with van der Waals surface area (Å²) in [6, 6.07) is 12.1. The molecule has 1 spiro atoms. The van der Waals surface area contributed by atoms with Crippen molar-refractivity contribution < 1.29 is 36.0 Å². The number of nitrogens with one attached hydrogen (secondary N) is 1. The number of anilines is 2. The molecule has 9 nitrogen and oxygen atoms in total. The van der Waals surface area contributed by atoms with Gasteiger partial charge in [-0.3, -0.25) is 9.59 Å². The lowest BCUT2D eigenvalue weighted by Gasteiger charge is -2.21. The van der Waals surface area contributed by atoms with E-state index in [1.165, 1.54) is 11.1 Å². The molecule has 3 aromatic rings. The summed E-state index contributed by atoms with van der Waals surface area (Å²) in [4.78, 5) is 44.4. The molecule has 39 heavy (non-hydrogen) atoms. The minimum absolute atomic E-state index is 0.00601. The third-order valence-corrected chi connectivity index (χ3v) is 8.24. The fraction of sp³-hybridized carbons (Fsp3) is 0.200. The van der Waals surface area contributed by atoms with Gasteiger partial charge in [0.05, 0.1) is 10.6 Å². The summed E-state index contributed by atoms with van der Waals surface area (Å²) in [6.45, 7) is -0.00601. The molecule has 0 unspecified atom stereocenters. The van der Waals surface area contributed by atoms with Crippen molar-refractivity contribution in [3.05, 3.63) is 83.0 Å². The van der Waals surface area contributed by atoms with Gasteiger partial charge < -0.3 is 10.2 Å². The number of carbonyl (C=O) groups is 3. The van der Waals surface area contributed by atoms with Crippen LogP contribution < -0.4 is 10.2 Å². The normalized spacial score (nSPS) is 16.6. The number of pyridine rings is 1. The number of rotatable bonds is 6. The van der Waals surface area contributed by atoms with Gasteiger partial charge >= 0.3 is 11.5 Å². The van der Waals surface area contributed by atoms with Gasteiger partial charge in [-0.05, 0) is 79.1 Å². The highest BCUT2D eigenvalue weighted by Gasteiger charge is 2.65. The largest absolute Gasteiger partial charge is 0.501 e. The summed E-state index contributed by atoms with van der Waals surface area (Å²) in [6.07, 6.45) is 2.21. The maximum absolute atomic E-state index is 13.3. The number of hydrogen-bond acceptors (Lipinski definition) is 6. The van der Waals surface area contributed by atoms with Crippen LogP contribution >= 0.6 is 11.6 Å². The number of carbonyl (C=O) groups excluding carboxylic acids is 3. The van der Waals surface area contributed by atoms with Crippen LogP contribution in [0.1, 0.15) is 28.8 Å². The number of aromatic nitrogens is 1. The van der Waals surface area contributed by atoms with Crippen LogP contribution in [-0.2, 0) is 21.2 Å². The fourth-order valence-electron chi connectivity index (χ4n) is 4.28. The molecular formula is C25H18ClF3N4O5S. The van der Waals surface area contributed by atoms with Crippen LogP contribution in [0.15, 0.2) is 71.8 Å². The van der Waals surface area contributed by atoms with Crippen LogP contribution in [0, 0.1) is 0 Å². The topological polar surface area (TPSA) is 117 Å². The second-order valence-electron chi connectivity index (χ2n) is 8.99. The quantitative estimate of drug-likeness (QED) is 0.421. The number of benzene rings is 2. The van der Waals surface area contributed by atoms with Gasteiger partial charge in [-0.1, -0.05) is 11.6 Å². The van der Waals surface area contributed by atoms with Crippen molar-refractivity contribution in [3.8, 4) is 0 Å². The molecule has 1 saturated carbocycles. The summed E-state index contributed by atoms with van der Waals surface area (Å²) in [5, 5.41) is 3.13. The zero-order chi connectivity index (χ0) is 28.2. The van der Waals surface area contributed by atoms with E-state index in [-0.39, 0.29) is 18.1 Å². The van der Waals surface area contributed by atoms with E-state index in [1.54, 1.807) is 36.4 Å². The molecule has 1 saturated heterocycles. The standard InChI is InChI=1S/C25H18ClF3N4O5S/c26-17-3-1-16(2-4-17)21(34)31-20-13-15(9-12-30-20)14-32-23(36)33(22(35)24(32)10-11-24)18-5-7-19(8-6-18)39(37,38)25(27,28)29/h1-9,12-13H,10-11,14H2,(H,30,31,34). The zero-order valence-electron chi connectivity index (χ0n) is 19.8. The first-order valence-corrected chi connectivity index (χ1v) is 13.3. The van der Waals surface area contributed by atoms with Crippen molar-refractivity contribution in [2.24, 2.45) is 0 Å². The first-order valence-electron chi connectivity index (χ1n) is 11.4. The Kier molecular flexibility index (Phi) is 6.38. The SMILES string of the molecule is O=C(Nc1cc(CN2C(=O)N(c3ccc(S(=O)(=O)C(F)(F)F)cc3)C(=O)C23CC3)ccn1)c1ccc(Cl)cc1. The molecule has 1 aliphatic carbocycles. The Morgan fingerprint density at radius 3 is 2.26 bits per heavy atom. The Bertz CT molecular complexity index is 1590. The number of urea groups is 1. The molecule has 0 bridgehead atoms. The summed E-state index contributed by atoms with van der Waals surface area (Å²) < 4.78 is 61.9. The third kappa shape index (κ3) is 4.72. The lowest BCUT2D eigenvalue weighted by atomic mass is 10.2. The Morgan fingerprint density at radius 1 is 1.03 bits per heavy atom. The average molecular weight is 579 g/mol. The first-order chi connectivity index (χ1) is 18.3. The summed E-state index contributed by atoms with van der Waals surface area (Å²) in [7, 11) is -5.58. The lowest BCUT2D eigenvalue weighted by Crippen LogP contribution is -2.36. The van der Waals surface area contributed by atoms with Crippen molar-refractivity contribution in [2.75, 3.05) is 10.2 Å². The van der Waals surface area contributed by atoms with Gasteiger partial charge in [0.2, 0.25) is 0 Å². The summed E-state index contributed by atoms with van der Waals surface area (Å²) in [5.41, 5.74) is -5.72. The molecule has 1 N–H and O–H groups in total. The van der Waals surface area contributed by atoms with Crippen molar-refractivity contribution in [2.45, 2.75) is 35.3 Å². The molecular weight excluding hydrogens is 561 g/mol. The second kappa shape index (κ2) is 9.35. The first kappa shape index (κ1) is 26.6. The second-order valence-corrected chi connectivity index (χ2v) is 11.4. The number of amides is 4. The Morgan fingerprint density at radius 2 is 1.67 bits per heavy atom. The van der Waals surface area contributed by atoms with Crippen LogP contribution in [0.25, 0.3) is 0 Å². The fourth-order valence-corrected chi connectivity index (χ4v) is 5.17. The highest BCUT2D eigenvalue weighted by atomic mass is 35.5. The molecule has 1 aromatic heterocycles. The lowest BCUT2D eigenvalue weighted by molar-refractivity contribution is -0.120. The van der Waals surface area contributed by atoms with Crippen LogP contribution in [-0.4, -0.2) is 47.2 Å². The predicted octanol–water partition coefficient (Wildman–Crippen LogP) is 4.78. The van der Waals surface area contributed by atoms with Gasteiger partial charge in [-0.2, -0.15) is 13.2 Å². The molecule has 4 amide bonds. The van der Waals surface area contributed by atoms with Crippen LogP contribution in [0.2, 0.25) is 5.02 Å². The Balaban J connectivity index is 1.35. The molecule has 2 fully saturated rings. The van der Waals surface area contributed by atoms with Crippen molar-refractivity contribution in [1.82, 2.24) is 9.88 Å². The van der Waals surface area contributed by atoms with Gasteiger partial charge in [-0.25, -0.2) is 23.1 Å². The van der Waals surface area contributed by atoms with Gasteiger partial charge in [0, 0.05) is 23.3 Å². The Labute approximate surface area is 225 Å². The highest BCUT2D eigenvalue weighted by molar-refractivity contribution is 7.92. The number of alkyl halides is 3. The van der Waals surface area contributed by atoms with E-state index >= 15 is 0 Å². The molecule has 0 atom stereocenters. The minimum atomic E-state index is -5.58. The van der Waals surface area contributed by atoms with E-state index in [1.807, 2.05) is 0 Å². The van der Waals surface area contributed by atoms with E-state index in [9.17, 15) is 36.0 Å². The summed E-state index contributed by atoms with van der Waals surface area (Å²) in [5.74, 6) is -0.762. The number of sulfone groups is 1. The van der Waals surface area contributed by atoms with Crippen LogP contribution in [0.5, 0.6) is 0 Å². The molecule has 202 valence electrons. The van der Waals surface area contributed by atoms with Gasteiger partial charge in [0.15, 0.2) is 0 Å². The van der Waals surface area contributed by atoms with Gasteiger partial charge in [0.1, 0.15) is 11.4 Å². The molecule has 2 aliphatic rings. The highest BCUT2D eigenvalue weighted by Crippen LogP contribution is 2.49. The van der Waals surface area contributed by atoms with Crippen molar-refractivity contribution in [3.63, 3.8) is 0 Å².